The summed E-state index contributed by atoms with van der Waals surface area (Å²) in [5, 5.41) is 0. The first-order chi connectivity index (χ1) is 9.12. The van der Waals surface area contributed by atoms with Crippen LogP contribution in [0.5, 0.6) is 11.5 Å². The van der Waals surface area contributed by atoms with E-state index in [-0.39, 0.29) is 0 Å². The molecule has 2 N–H and O–H groups in total. The summed E-state index contributed by atoms with van der Waals surface area (Å²) >= 11 is 0. The lowest BCUT2D eigenvalue weighted by atomic mass is 10.1. The molecule has 5 heteroatoms. The van der Waals surface area contributed by atoms with Crippen LogP contribution in [0.25, 0.3) is 11.4 Å². The monoisotopic (exact) mass is 261 g/mol. The summed E-state index contributed by atoms with van der Waals surface area (Å²) in [5.74, 6) is 2.33. The van der Waals surface area contributed by atoms with E-state index in [2.05, 4.69) is 4.98 Å². The molecule has 1 heterocycles. The average Bonchev–Trinajstić information content (AvgIpc) is 2.74. The molecular formula is C14H19N3O2. The van der Waals surface area contributed by atoms with Crippen LogP contribution < -0.4 is 15.2 Å². The van der Waals surface area contributed by atoms with Gasteiger partial charge >= 0.3 is 0 Å². The molecule has 0 spiro atoms. The number of nitrogens with zero attached hydrogens (tertiary/aromatic N) is 2. The number of nitrogens with two attached hydrogens (primary N) is 1. The van der Waals surface area contributed by atoms with Crippen molar-refractivity contribution in [1.82, 2.24) is 9.55 Å². The van der Waals surface area contributed by atoms with Crippen LogP contribution in [-0.4, -0.2) is 23.8 Å². The number of methoxy groups -OCH3 is 2. The quantitative estimate of drug-likeness (QED) is 0.912. The van der Waals surface area contributed by atoms with Gasteiger partial charge in [-0.2, -0.15) is 0 Å². The molecular weight excluding hydrogens is 242 g/mol. The first-order valence-corrected chi connectivity index (χ1v) is 6.07. The van der Waals surface area contributed by atoms with Crippen molar-refractivity contribution in [3.8, 4) is 22.9 Å². The summed E-state index contributed by atoms with van der Waals surface area (Å²) in [4.78, 5) is 4.58. The lowest BCUT2D eigenvalue weighted by Gasteiger charge is -2.10. The summed E-state index contributed by atoms with van der Waals surface area (Å²) in [6.07, 6.45) is 0. The van der Waals surface area contributed by atoms with Gasteiger partial charge in [0.1, 0.15) is 17.3 Å². The number of ether oxygens (including phenoxy) is 2. The molecule has 0 radical (unpaired) electrons. The second-order valence-corrected chi connectivity index (χ2v) is 4.30. The standard InChI is InChI=1S/C14H19N3O2/c1-9-12(8-15)16-14(17(9)2)11-6-5-10(18-3)7-13(11)19-4/h5-7H,8,15H2,1-4H3. The Morgan fingerprint density at radius 2 is 2.00 bits per heavy atom. The molecule has 0 atom stereocenters. The SMILES string of the molecule is COc1ccc(-c2nc(CN)c(C)n2C)c(OC)c1. The molecule has 0 aliphatic heterocycles. The zero-order valence-corrected chi connectivity index (χ0v) is 11.7. The van der Waals surface area contributed by atoms with Crippen molar-refractivity contribution >= 4 is 0 Å². The lowest BCUT2D eigenvalue weighted by Crippen LogP contribution is -2.00. The van der Waals surface area contributed by atoms with Gasteiger partial charge in [0.2, 0.25) is 0 Å². The van der Waals surface area contributed by atoms with Crippen LogP contribution in [0.1, 0.15) is 11.4 Å². The fraction of sp³-hybridized carbons (Fsp3) is 0.357. The lowest BCUT2D eigenvalue weighted by molar-refractivity contribution is 0.395. The van der Waals surface area contributed by atoms with Gasteiger partial charge in [0.25, 0.3) is 0 Å². The second-order valence-electron chi connectivity index (χ2n) is 4.30. The second kappa shape index (κ2) is 5.32. The third kappa shape index (κ3) is 2.29. The number of aromatic nitrogens is 2. The Bertz CT molecular complexity index is 591. The number of hydrogen-bond acceptors (Lipinski definition) is 4. The van der Waals surface area contributed by atoms with Crippen LogP contribution in [0.4, 0.5) is 0 Å². The fourth-order valence-corrected chi connectivity index (χ4v) is 2.05. The van der Waals surface area contributed by atoms with Crippen LogP contribution in [0, 0.1) is 6.92 Å². The molecule has 0 saturated carbocycles. The molecule has 0 aliphatic rings. The van der Waals surface area contributed by atoms with Crippen molar-refractivity contribution in [1.29, 1.82) is 0 Å². The van der Waals surface area contributed by atoms with E-state index in [0.717, 1.165) is 34.3 Å². The summed E-state index contributed by atoms with van der Waals surface area (Å²) in [6.45, 7) is 2.44. The largest absolute Gasteiger partial charge is 0.497 e. The Labute approximate surface area is 113 Å². The minimum absolute atomic E-state index is 0.429. The highest BCUT2D eigenvalue weighted by Gasteiger charge is 2.16. The predicted octanol–water partition coefficient (Wildman–Crippen LogP) is 1.87. The molecule has 0 aliphatic carbocycles. The topological polar surface area (TPSA) is 62.3 Å². The molecule has 2 aromatic rings. The number of imidazole rings is 1. The number of rotatable bonds is 4. The van der Waals surface area contributed by atoms with Crippen molar-refractivity contribution in [2.45, 2.75) is 13.5 Å². The Hall–Kier alpha value is -2.01. The third-order valence-corrected chi connectivity index (χ3v) is 3.32. The maximum Gasteiger partial charge on any atom is 0.144 e. The highest BCUT2D eigenvalue weighted by Crippen LogP contribution is 2.33. The minimum Gasteiger partial charge on any atom is -0.497 e. The van der Waals surface area contributed by atoms with Crippen molar-refractivity contribution in [3.05, 3.63) is 29.6 Å². The van der Waals surface area contributed by atoms with Crippen molar-refractivity contribution in [2.75, 3.05) is 14.2 Å². The number of hydrogen-bond donors (Lipinski definition) is 1. The van der Waals surface area contributed by atoms with Crippen molar-refractivity contribution in [2.24, 2.45) is 12.8 Å². The Morgan fingerprint density at radius 3 is 2.53 bits per heavy atom. The molecule has 19 heavy (non-hydrogen) atoms. The van der Waals surface area contributed by atoms with E-state index in [1.165, 1.54) is 0 Å². The molecule has 1 aromatic heterocycles. The van der Waals surface area contributed by atoms with Crippen LogP contribution in [0.2, 0.25) is 0 Å². The summed E-state index contributed by atoms with van der Waals surface area (Å²) in [5.41, 5.74) is 8.59. The van der Waals surface area contributed by atoms with E-state index < -0.39 is 0 Å². The third-order valence-electron chi connectivity index (χ3n) is 3.32. The average molecular weight is 261 g/mol. The van der Waals surface area contributed by atoms with Gasteiger partial charge in [-0.05, 0) is 19.1 Å². The van der Waals surface area contributed by atoms with Gasteiger partial charge in [-0.25, -0.2) is 4.98 Å². The molecule has 2 rings (SSSR count). The molecule has 0 bridgehead atoms. The summed E-state index contributed by atoms with van der Waals surface area (Å²) < 4.78 is 12.6. The van der Waals surface area contributed by atoms with E-state index in [1.807, 2.05) is 36.7 Å². The molecule has 0 unspecified atom stereocenters. The van der Waals surface area contributed by atoms with Gasteiger partial charge in [0, 0.05) is 25.4 Å². The molecule has 0 saturated heterocycles. The van der Waals surface area contributed by atoms with Crippen LogP contribution in [-0.2, 0) is 13.6 Å². The van der Waals surface area contributed by atoms with Gasteiger partial charge in [-0.1, -0.05) is 0 Å². The van der Waals surface area contributed by atoms with E-state index in [0.29, 0.717) is 6.54 Å². The summed E-state index contributed by atoms with van der Waals surface area (Å²) in [6, 6.07) is 5.69. The van der Waals surface area contributed by atoms with Gasteiger partial charge in [-0.15, -0.1) is 0 Å². The Kier molecular flexibility index (Phi) is 3.76. The molecule has 5 nitrogen and oxygen atoms in total. The summed E-state index contributed by atoms with van der Waals surface area (Å²) in [7, 11) is 5.24. The zero-order chi connectivity index (χ0) is 14.0. The van der Waals surface area contributed by atoms with Gasteiger partial charge in [0.15, 0.2) is 0 Å². The van der Waals surface area contributed by atoms with E-state index in [1.54, 1.807) is 14.2 Å². The highest BCUT2D eigenvalue weighted by atomic mass is 16.5. The maximum absolute atomic E-state index is 5.70. The van der Waals surface area contributed by atoms with E-state index >= 15 is 0 Å². The van der Waals surface area contributed by atoms with Gasteiger partial charge in [0.05, 0.1) is 25.5 Å². The predicted molar refractivity (Wildman–Crippen MR) is 74.4 cm³/mol. The highest BCUT2D eigenvalue weighted by molar-refractivity contribution is 5.67. The minimum atomic E-state index is 0.429. The normalized spacial score (nSPS) is 10.6. The van der Waals surface area contributed by atoms with Crippen molar-refractivity contribution in [3.63, 3.8) is 0 Å². The van der Waals surface area contributed by atoms with Crippen LogP contribution >= 0.6 is 0 Å². The fourth-order valence-electron chi connectivity index (χ4n) is 2.05. The molecule has 102 valence electrons. The first-order valence-electron chi connectivity index (χ1n) is 6.07. The number of benzene rings is 1. The van der Waals surface area contributed by atoms with E-state index in [9.17, 15) is 0 Å². The van der Waals surface area contributed by atoms with Gasteiger partial charge < -0.3 is 19.8 Å². The molecule has 0 fully saturated rings. The maximum atomic E-state index is 5.70. The van der Waals surface area contributed by atoms with Crippen molar-refractivity contribution < 1.29 is 9.47 Å². The Balaban J connectivity index is 2.58. The van der Waals surface area contributed by atoms with Crippen LogP contribution in [0.3, 0.4) is 0 Å². The van der Waals surface area contributed by atoms with Gasteiger partial charge in [-0.3, -0.25) is 0 Å². The zero-order valence-electron chi connectivity index (χ0n) is 11.7. The first kappa shape index (κ1) is 13.4. The van der Waals surface area contributed by atoms with Crippen LogP contribution in [0.15, 0.2) is 18.2 Å². The molecule has 1 aromatic carbocycles. The smallest absolute Gasteiger partial charge is 0.144 e. The Morgan fingerprint density at radius 1 is 1.26 bits per heavy atom. The van der Waals surface area contributed by atoms with E-state index in [4.69, 9.17) is 15.2 Å². The molecule has 0 amide bonds.